The van der Waals surface area contributed by atoms with Crippen LogP contribution in [0.3, 0.4) is 0 Å². The van der Waals surface area contributed by atoms with E-state index >= 15 is 0 Å². The molecule has 0 radical (unpaired) electrons. The van der Waals surface area contributed by atoms with Gasteiger partial charge in [-0.3, -0.25) is 0 Å². The second kappa shape index (κ2) is 3.73. The fourth-order valence-electron chi connectivity index (χ4n) is 1.37. The summed E-state index contributed by atoms with van der Waals surface area (Å²) in [6, 6.07) is 4.21. The average Bonchev–Trinajstić information content (AvgIpc) is 2.70. The Morgan fingerprint density at radius 1 is 1.47 bits per heavy atom. The van der Waals surface area contributed by atoms with Gasteiger partial charge in [0.25, 0.3) is 0 Å². The zero-order chi connectivity index (χ0) is 10.8. The Balaban J connectivity index is 2.40. The summed E-state index contributed by atoms with van der Waals surface area (Å²) in [5, 5.41) is 9.22. The van der Waals surface area contributed by atoms with Gasteiger partial charge in [0.15, 0.2) is 11.6 Å². The van der Waals surface area contributed by atoms with Crippen LogP contribution in [0.5, 0.6) is 5.75 Å². The summed E-state index contributed by atoms with van der Waals surface area (Å²) in [4.78, 5) is 7.21. The lowest BCUT2D eigenvalue weighted by atomic mass is 10.1. The lowest BCUT2D eigenvalue weighted by molar-refractivity contribution is 0.432. The third-order valence-electron chi connectivity index (χ3n) is 2.22. The number of phenolic OH excluding ortho intramolecular Hbond substituents is 1. The maximum atomic E-state index is 12.8. The third kappa shape index (κ3) is 1.83. The summed E-state index contributed by atoms with van der Waals surface area (Å²) in [5.41, 5.74) is 1.50. The van der Waals surface area contributed by atoms with Crippen molar-refractivity contribution in [1.82, 2.24) is 9.97 Å². The lowest BCUT2D eigenvalue weighted by Crippen LogP contribution is -1.83. The van der Waals surface area contributed by atoms with E-state index in [9.17, 15) is 9.50 Å². The molecule has 0 bridgehead atoms. The maximum Gasteiger partial charge on any atom is 0.164 e. The number of H-pyrrole nitrogens is 1. The molecule has 0 fully saturated rings. The first-order valence-electron chi connectivity index (χ1n) is 4.73. The molecule has 2 aromatic rings. The van der Waals surface area contributed by atoms with Crippen molar-refractivity contribution in [3.8, 4) is 17.0 Å². The van der Waals surface area contributed by atoms with E-state index in [4.69, 9.17) is 0 Å². The van der Waals surface area contributed by atoms with Crippen LogP contribution in [0, 0.1) is 5.82 Å². The molecular weight excluding hydrogens is 195 g/mol. The number of aromatic hydroxyl groups is 1. The highest BCUT2D eigenvalue weighted by Crippen LogP contribution is 2.24. The van der Waals surface area contributed by atoms with Gasteiger partial charge in [0.05, 0.1) is 11.9 Å². The standard InChI is InChI=1S/C11H11FN2O/c1-2-11-13-6-9(14-11)7-3-4-8(12)10(15)5-7/h3-6,15H,2H2,1H3,(H,13,14). The van der Waals surface area contributed by atoms with Gasteiger partial charge < -0.3 is 10.1 Å². The Labute approximate surface area is 86.6 Å². The minimum Gasteiger partial charge on any atom is -0.505 e. The lowest BCUT2D eigenvalue weighted by Gasteiger charge is -1.99. The van der Waals surface area contributed by atoms with Crippen LogP contribution in [-0.2, 0) is 6.42 Å². The number of aromatic nitrogens is 2. The van der Waals surface area contributed by atoms with Gasteiger partial charge in [0, 0.05) is 12.0 Å². The van der Waals surface area contributed by atoms with Crippen molar-refractivity contribution in [3.05, 3.63) is 36.0 Å². The molecule has 0 amide bonds. The molecule has 4 heteroatoms. The van der Waals surface area contributed by atoms with Crippen LogP contribution in [0.4, 0.5) is 4.39 Å². The number of hydrogen-bond donors (Lipinski definition) is 2. The summed E-state index contributed by atoms with van der Waals surface area (Å²) in [6.45, 7) is 1.99. The van der Waals surface area contributed by atoms with E-state index < -0.39 is 5.82 Å². The number of rotatable bonds is 2. The molecule has 0 atom stereocenters. The molecule has 78 valence electrons. The predicted octanol–water partition coefficient (Wildman–Crippen LogP) is 2.48. The quantitative estimate of drug-likeness (QED) is 0.793. The van der Waals surface area contributed by atoms with Gasteiger partial charge in [0.2, 0.25) is 0 Å². The SMILES string of the molecule is CCc1ncc(-c2ccc(F)c(O)c2)[nH]1. The Morgan fingerprint density at radius 2 is 2.27 bits per heavy atom. The van der Waals surface area contributed by atoms with E-state index in [2.05, 4.69) is 9.97 Å². The highest BCUT2D eigenvalue weighted by atomic mass is 19.1. The molecule has 1 heterocycles. The first-order chi connectivity index (χ1) is 7.20. The number of nitrogens with zero attached hydrogens (tertiary/aromatic N) is 1. The van der Waals surface area contributed by atoms with E-state index in [1.807, 2.05) is 6.92 Å². The van der Waals surface area contributed by atoms with Crippen molar-refractivity contribution >= 4 is 0 Å². The van der Waals surface area contributed by atoms with Crippen LogP contribution < -0.4 is 0 Å². The number of aryl methyl sites for hydroxylation is 1. The van der Waals surface area contributed by atoms with Crippen molar-refractivity contribution in [2.45, 2.75) is 13.3 Å². The highest BCUT2D eigenvalue weighted by molar-refractivity contribution is 5.60. The van der Waals surface area contributed by atoms with Crippen molar-refractivity contribution in [2.75, 3.05) is 0 Å². The molecule has 0 aliphatic carbocycles. The largest absolute Gasteiger partial charge is 0.505 e. The van der Waals surface area contributed by atoms with Crippen molar-refractivity contribution in [1.29, 1.82) is 0 Å². The van der Waals surface area contributed by atoms with Crippen LogP contribution in [0.2, 0.25) is 0 Å². The van der Waals surface area contributed by atoms with Gasteiger partial charge in [0.1, 0.15) is 5.82 Å². The molecule has 0 spiro atoms. The first-order valence-corrected chi connectivity index (χ1v) is 4.73. The zero-order valence-electron chi connectivity index (χ0n) is 8.29. The molecule has 0 saturated heterocycles. The van der Waals surface area contributed by atoms with E-state index in [0.717, 1.165) is 23.5 Å². The fraction of sp³-hybridized carbons (Fsp3) is 0.182. The average molecular weight is 206 g/mol. The molecule has 3 nitrogen and oxygen atoms in total. The van der Waals surface area contributed by atoms with Crippen LogP contribution >= 0.6 is 0 Å². The van der Waals surface area contributed by atoms with Gasteiger partial charge in [-0.1, -0.05) is 6.92 Å². The summed E-state index contributed by atoms with van der Waals surface area (Å²) in [7, 11) is 0. The maximum absolute atomic E-state index is 12.8. The van der Waals surface area contributed by atoms with Crippen LogP contribution in [-0.4, -0.2) is 15.1 Å². The molecule has 2 N–H and O–H groups in total. The Hall–Kier alpha value is -1.84. The van der Waals surface area contributed by atoms with Gasteiger partial charge in [-0.15, -0.1) is 0 Å². The number of halogens is 1. The Kier molecular flexibility index (Phi) is 2.41. The van der Waals surface area contributed by atoms with Crippen LogP contribution in [0.15, 0.2) is 24.4 Å². The van der Waals surface area contributed by atoms with Gasteiger partial charge >= 0.3 is 0 Å². The number of aromatic amines is 1. The predicted molar refractivity (Wildman–Crippen MR) is 55.0 cm³/mol. The minimum atomic E-state index is -0.617. The zero-order valence-corrected chi connectivity index (χ0v) is 8.29. The topological polar surface area (TPSA) is 48.9 Å². The number of nitrogens with one attached hydrogen (secondary N) is 1. The van der Waals surface area contributed by atoms with Crippen molar-refractivity contribution < 1.29 is 9.50 Å². The van der Waals surface area contributed by atoms with Gasteiger partial charge in [-0.25, -0.2) is 9.37 Å². The number of phenols is 1. The number of benzene rings is 1. The Bertz CT molecular complexity index is 479. The molecular formula is C11H11FN2O. The Morgan fingerprint density at radius 3 is 2.87 bits per heavy atom. The summed E-state index contributed by atoms with van der Waals surface area (Å²) in [6.07, 6.45) is 2.48. The summed E-state index contributed by atoms with van der Waals surface area (Å²) >= 11 is 0. The molecule has 0 aliphatic heterocycles. The summed E-state index contributed by atoms with van der Waals surface area (Å²) < 4.78 is 12.8. The molecule has 0 unspecified atom stereocenters. The van der Waals surface area contributed by atoms with Crippen molar-refractivity contribution in [3.63, 3.8) is 0 Å². The molecule has 1 aromatic carbocycles. The monoisotopic (exact) mass is 206 g/mol. The smallest absolute Gasteiger partial charge is 0.164 e. The highest BCUT2D eigenvalue weighted by Gasteiger charge is 2.05. The molecule has 2 rings (SSSR count). The van der Waals surface area contributed by atoms with Gasteiger partial charge in [-0.05, 0) is 18.2 Å². The van der Waals surface area contributed by atoms with Crippen molar-refractivity contribution in [2.24, 2.45) is 0 Å². The molecule has 1 aromatic heterocycles. The number of imidazole rings is 1. The number of hydrogen-bond acceptors (Lipinski definition) is 2. The van der Waals surface area contributed by atoms with E-state index in [0.29, 0.717) is 0 Å². The van der Waals surface area contributed by atoms with Gasteiger partial charge in [-0.2, -0.15) is 0 Å². The minimum absolute atomic E-state index is 0.347. The van der Waals surface area contributed by atoms with Crippen LogP contribution in [0.1, 0.15) is 12.7 Å². The fourth-order valence-corrected chi connectivity index (χ4v) is 1.37. The molecule has 15 heavy (non-hydrogen) atoms. The summed E-state index contributed by atoms with van der Waals surface area (Å²) in [5.74, 6) is -0.0945. The second-order valence-electron chi connectivity index (χ2n) is 3.26. The third-order valence-corrected chi connectivity index (χ3v) is 2.22. The second-order valence-corrected chi connectivity index (χ2v) is 3.26. The first kappa shape index (κ1) is 9.71. The van der Waals surface area contributed by atoms with E-state index in [1.54, 1.807) is 12.3 Å². The van der Waals surface area contributed by atoms with E-state index in [1.165, 1.54) is 12.1 Å². The normalized spacial score (nSPS) is 10.5. The molecule has 0 saturated carbocycles. The van der Waals surface area contributed by atoms with Crippen LogP contribution in [0.25, 0.3) is 11.3 Å². The van der Waals surface area contributed by atoms with E-state index in [-0.39, 0.29) is 5.75 Å². The molecule has 0 aliphatic rings.